The zero-order valence-electron chi connectivity index (χ0n) is 14.4. The van der Waals surface area contributed by atoms with E-state index in [0.29, 0.717) is 23.0 Å². The summed E-state index contributed by atoms with van der Waals surface area (Å²) in [6.07, 6.45) is 1.08. The number of nitrogens with one attached hydrogen (secondary N) is 2. The first-order valence-electron chi connectivity index (χ1n) is 7.83. The summed E-state index contributed by atoms with van der Waals surface area (Å²) < 4.78 is 30.1. The maximum atomic E-state index is 11.9. The van der Waals surface area contributed by atoms with E-state index in [4.69, 9.17) is 4.74 Å². The lowest BCUT2D eigenvalue weighted by molar-refractivity contribution is -0.118. The lowest BCUT2D eigenvalue weighted by Crippen LogP contribution is -2.20. The third-order valence-corrected chi connectivity index (χ3v) is 4.00. The van der Waals surface area contributed by atoms with Crippen molar-refractivity contribution in [1.82, 2.24) is 0 Å². The van der Waals surface area contributed by atoms with Gasteiger partial charge in [-0.3, -0.25) is 9.52 Å². The maximum Gasteiger partial charge on any atom is 0.262 e. The standard InChI is InChI=1S/C18H22N2O4S/c1-13(2)14-4-10-17(11-5-14)24-12-18(21)19-15-6-8-16(9-7-15)20-25(3,22)23/h4-11,13,20H,12H2,1-3H3,(H,19,21). The van der Waals surface area contributed by atoms with Crippen molar-refractivity contribution >= 4 is 27.3 Å². The SMILES string of the molecule is CC(C)c1ccc(OCC(=O)Nc2ccc(NS(C)(=O)=O)cc2)cc1. The molecule has 0 saturated carbocycles. The van der Waals surface area contributed by atoms with Gasteiger partial charge in [0.2, 0.25) is 10.0 Å². The summed E-state index contributed by atoms with van der Waals surface area (Å²) in [6.45, 7) is 4.12. The van der Waals surface area contributed by atoms with E-state index in [-0.39, 0.29) is 12.5 Å². The summed E-state index contributed by atoms with van der Waals surface area (Å²) in [5.41, 5.74) is 2.20. The molecule has 0 atom stereocenters. The predicted molar refractivity (Wildman–Crippen MR) is 99.6 cm³/mol. The average molecular weight is 362 g/mol. The van der Waals surface area contributed by atoms with Crippen molar-refractivity contribution in [1.29, 1.82) is 0 Å². The number of ether oxygens (including phenoxy) is 1. The van der Waals surface area contributed by atoms with Crippen LogP contribution in [-0.2, 0) is 14.8 Å². The molecule has 1 amide bonds. The molecule has 0 bridgehead atoms. The second kappa shape index (κ2) is 8.02. The third kappa shape index (κ3) is 6.46. The summed E-state index contributed by atoms with van der Waals surface area (Å²) in [5.74, 6) is 0.779. The number of sulfonamides is 1. The van der Waals surface area contributed by atoms with Crippen LogP contribution in [0.2, 0.25) is 0 Å². The van der Waals surface area contributed by atoms with Crippen LogP contribution in [0.15, 0.2) is 48.5 Å². The molecule has 0 saturated heterocycles. The van der Waals surface area contributed by atoms with Crippen LogP contribution in [0.25, 0.3) is 0 Å². The minimum atomic E-state index is -3.32. The Kier molecular flexibility index (Phi) is 6.03. The minimum absolute atomic E-state index is 0.107. The van der Waals surface area contributed by atoms with Crippen LogP contribution < -0.4 is 14.8 Å². The molecular weight excluding hydrogens is 340 g/mol. The number of benzene rings is 2. The minimum Gasteiger partial charge on any atom is -0.484 e. The summed E-state index contributed by atoms with van der Waals surface area (Å²) in [6, 6.07) is 14.0. The molecule has 0 aromatic heterocycles. The van der Waals surface area contributed by atoms with Crippen LogP contribution in [0.3, 0.4) is 0 Å². The van der Waals surface area contributed by atoms with Gasteiger partial charge in [0.05, 0.1) is 6.26 Å². The molecule has 25 heavy (non-hydrogen) atoms. The Bertz CT molecular complexity index is 813. The molecule has 134 valence electrons. The highest BCUT2D eigenvalue weighted by molar-refractivity contribution is 7.92. The fourth-order valence-electron chi connectivity index (χ4n) is 2.13. The van der Waals surface area contributed by atoms with Gasteiger partial charge in [0.25, 0.3) is 5.91 Å². The highest BCUT2D eigenvalue weighted by Crippen LogP contribution is 2.19. The Balaban J connectivity index is 1.85. The lowest BCUT2D eigenvalue weighted by Gasteiger charge is -2.10. The fourth-order valence-corrected chi connectivity index (χ4v) is 2.69. The number of anilines is 2. The quantitative estimate of drug-likeness (QED) is 0.792. The molecule has 0 aliphatic rings. The molecule has 0 unspecified atom stereocenters. The van der Waals surface area contributed by atoms with E-state index in [9.17, 15) is 13.2 Å². The summed E-state index contributed by atoms with van der Waals surface area (Å²) in [5, 5.41) is 2.69. The van der Waals surface area contributed by atoms with E-state index in [1.807, 2.05) is 24.3 Å². The van der Waals surface area contributed by atoms with Crippen molar-refractivity contribution in [2.45, 2.75) is 19.8 Å². The Morgan fingerprint density at radius 1 is 1.00 bits per heavy atom. The maximum absolute atomic E-state index is 11.9. The normalized spacial score (nSPS) is 11.2. The fraction of sp³-hybridized carbons (Fsp3) is 0.278. The van der Waals surface area contributed by atoms with E-state index in [1.54, 1.807) is 24.3 Å². The van der Waals surface area contributed by atoms with Crippen LogP contribution >= 0.6 is 0 Å². The van der Waals surface area contributed by atoms with E-state index < -0.39 is 10.0 Å². The van der Waals surface area contributed by atoms with Crippen LogP contribution in [0.1, 0.15) is 25.3 Å². The molecule has 0 spiro atoms. The molecule has 0 aliphatic heterocycles. The van der Waals surface area contributed by atoms with Crippen molar-refractivity contribution < 1.29 is 17.9 Å². The second-order valence-electron chi connectivity index (χ2n) is 6.01. The number of amides is 1. The highest BCUT2D eigenvalue weighted by atomic mass is 32.2. The lowest BCUT2D eigenvalue weighted by atomic mass is 10.0. The first-order chi connectivity index (χ1) is 11.7. The van der Waals surface area contributed by atoms with Gasteiger partial charge in [0.1, 0.15) is 5.75 Å². The van der Waals surface area contributed by atoms with Gasteiger partial charge < -0.3 is 10.1 Å². The predicted octanol–water partition coefficient (Wildman–Crippen LogP) is 3.20. The molecule has 0 radical (unpaired) electrons. The third-order valence-electron chi connectivity index (χ3n) is 3.39. The van der Waals surface area contributed by atoms with Gasteiger partial charge in [-0.05, 0) is 47.9 Å². The molecule has 2 aromatic rings. The number of hydrogen-bond acceptors (Lipinski definition) is 4. The van der Waals surface area contributed by atoms with Crippen molar-refractivity contribution in [2.24, 2.45) is 0 Å². The van der Waals surface area contributed by atoms with Gasteiger partial charge in [-0.2, -0.15) is 0 Å². The number of rotatable bonds is 7. The van der Waals surface area contributed by atoms with Crippen LogP contribution in [0.4, 0.5) is 11.4 Å². The molecule has 7 heteroatoms. The summed E-state index contributed by atoms with van der Waals surface area (Å²) >= 11 is 0. The van der Waals surface area contributed by atoms with Gasteiger partial charge in [-0.15, -0.1) is 0 Å². The van der Waals surface area contributed by atoms with Crippen LogP contribution in [-0.4, -0.2) is 27.2 Å². The van der Waals surface area contributed by atoms with Crippen LogP contribution in [0.5, 0.6) is 5.75 Å². The van der Waals surface area contributed by atoms with Gasteiger partial charge in [0.15, 0.2) is 6.61 Å². The van der Waals surface area contributed by atoms with Gasteiger partial charge in [0, 0.05) is 11.4 Å². The molecule has 0 aliphatic carbocycles. The van der Waals surface area contributed by atoms with Crippen LogP contribution in [0, 0.1) is 0 Å². The molecule has 2 rings (SSSR count). The number of carbonyl (C=O) groups excluding carboxylic acids is 1. The molecule has 2 aromatic carbocycles. The number of hydrogen-bond donors (Lipinski definition) is 2. The van der Waals surface area contributed by atoms with Crippen molar-refractivity contribution in [2.75, 3.05) is 22.9 Å². The van der Waals surface area contributed by atoms with E-state index in [2.05, 4.69) is 23.9 Å². The molecule has 2 N–H and O–H groups in total. The Hall–Kier alpha value is -2.54. The van der Waals surface area contributed by atoms with Gasteiger partial charge in [-0.1, -0.05) is 26.0 Å². The van der Waals surface area contributed by atoms with Crippen molar-refractivity contribution in [3.05, 3.63) is 54.1 Å². The molecule has 0 heterocycles. The topological polar surface area (TPSA) is 84.5 Å². The summed E-state index contributed by atoms with van der Waals surface area (Å²) in [7, 11) is -3.32. The first kappa shape index (κ1) is 18.8. The Morgan fingerprint density at radius 3 is 2.08 bits per heavy atom. The van der Waals surface area contributed by atoms with Crippen molar-refractivity contribution in [3.63, 3.8) is 0 Å². The van der Waals surface area contributed by atoms with Crippen molar-refractivity contribution in [3.8, 4) is 5.75 Å². The average Bonchev–Trinajstić information content (AvgIpc) is 2.54. The summed E-state index contributed by atoms with van der Waals surface area (Å²) in [4.78, 5) is 11.9. The van der Waals surface area contributed by atoms with Gasteiger partial charge in [-0.25, -0.2) is 8.42 Å². The smallest absolute Gasteiger partial charge is 0.262 e. The monoisotopic (exact) mass is 362 g/mol. The highest BCUT2D eigenvalue weighted by Gasteiger charge is 2.06. The Morgan fingerprint density at radius 2 is 1.56 bits per heavy atom. The Labute approximate surface area is 148 Å². The van der Waals surface area contributed by atoms with E-state index >= 15 is 0 Å². The number of carbonyl (C=O) groups is 1. The molecule has 0 fully saturated rings. The zero-order valence-corrected chi connectivity index (χ0v) is 15.3. The molecule has 6 nitrogen and oxygen atoms in total. The molecular formula is C18H22N2O4S. The van der Waals surface area contributed by atoms with E-state index in [0.717, 1.165) is 6.26 Å². The largest absolute Gasteiger partial charge is 0.484 e. The second-order valence-corrected chi connectivity index (χ2v) is 7.76. The van der Waals surface area contributed by atoms with Gasteiger partial charge >= 0.3 is 0 Å². The zero-order chi connectivity index (χ0) is 18.4. The van der Waals surface area contributed by atoms with E-state index in [1.165, 1.54) is 5.56 Å². The first-order valence-corrected chi connectivity index (χ1v) is 9.72.